The van der Waals surface area contributed by atoms with Gasteiger partial charge >= 0.3 is 5.97 Å². The predicted octanol–water partition coefficient (Wildman–Crippen LogP) is 4.92. The van der Waals surface area contributed by atoms with E-state index in [0.717, 1.165) is 55.9 Å². The van der Waals surface area contributed by atoms with E-state index in [1.807, 2.05) is 6.07 Å². The minimum absolute atomic E-state index is 0.135. The van der Waals surface area contributed by atoms with Crippen molar-refractivity contribution in [2.75, 3.05) is 24.6 Å². The Balaban J connectivity index is 1.53. The molecule has 6 heteroatoms. The van der Waals surface area contributed by atoms with Crippen molar-refractivity contribution in [3.8, 4) is 17.6 Å². The number of carbonyl (C=O) groups is 1. The van der Waals surface area contributed by atoms with Crippen molar-refractivity contribution < 1.29 is 19.7 Å². The van der Waals surface area contributed by atoms with Gasteiger partial charge in [0.25, 0.3) is 0 Å². The minimum atomic E-state index is -0.950. The highest BCUT2D eigenvalue weighted by Gasteiger charge is 2.44. The molecule has 4 atom stereocenters. The SMILES string of the molecule is CC#C[C@H](O)[C@@H]1CC[C@H]1CN1C[C@@]2(CCCc3cc(Cl)ccc32)COc2ccc(C(=O)O)cc21. The van der Waals surface area contributed by atoms with Crippen LogP contribution in [-0.4, -0.2) is 42.0 Å². The van der Waals surface area contributed by atoms with Crippen molar-refractivity contribution in [3.63, 3.8) is 0 Å². The first-order valence-corrected chi connectivity index (χ1v) is 12.4. The number of hydrogen-bond acceptors (Lipinski definition) is 4. The lowest BCUT2D eigenvalue weighted by Crippen LogP contribution is -2.49. The van der Waals surface area contributed by atoms with Crippen LogP contribution in [0.25, 0.3) is 0 Å². The predicted molar refractivity (Wildman–Crippen MR) is 133 cm³/mol. The molecular weight excluding hydrogens is 450 g/mol. The van der Waals surface area contributed by atoms with Crippen LogP contribution in [0.2, 0.25) is 5.02 Å². The van der Waals surface area contributed by atoms with Crippen LogP contribution in [0.5, 0.6) is 5.75 Å². The average molecular weight is 480 g/mol. The van der Waals surface area contributed by atoms with Crippen LogP contribution in [0, 0.1) is 23.7 Å². The molecule has 2 aromatic rings. The molecule has 34 heavy (non-hydrogen) atoms. The number of hydrogen-bond donors (Lipinski definition) is 2. The summed E-state index contributed by atoms with van der Waals surface area (Å²) in [5.74, 6) is 5.95. The van der Waals surface area contributed by atoms with Gasteiger partial charge in [0.15, 0.2) is 0 Å². The summed E-state index contributed by atoms with van der Waals surface area (Å²) in [7, 11) is 0. The topological polar surface area (TPSA) is 70.0 Å². The number of rotatable bonds is 4. The Morgan fingerprint density at radius 1 is 1.29 bits per heavy atom. The minimum Gasteiger partial charge on any atom is -0.490 e. The molecule has 2 N–H and O–H groups in total. The highest BCUT2D eigenvalue weighted by atomic mass is 35.5. The molecule has 2 aromatic carbocycles. The Morgan fingerprint density at radius 3 is 2.88 bits per heavy atom. The molecule has 1 spiro atoms. The van der Waals surface area contributed by atoms with Crippen molar-refractivity contribution in [1.29, 1.82) is 0 Å². The van der Waals surface area contributed by atoms with E-state index in [9.17, 15) is 15.0 Å². The number of fused-ring (bicyclic) bond motifs is 3. The molecule has 1 saturated carbocycles. The van der Waals surface area contributed by atoms with E-state index in [-0.39, 0.29) is 16.9 Å². The standard InChI is InChI=1S/C28H30ClNO4/c1-2-4-25(31)22-9-6-20(22)15-30-16-28(12-3-5-18-13-21(29)8-10-23(18)28)17-34-26-11-7-19(27(32)33)14-24(26)30/h7-8,10-11,13-14,20,22,25,31H,3,5-6,9,12,15-17H2,1H3,(H,32,33)/t20-,22+,25-,28-/m0/s1. The second-order valence-corrected chi connectivity index (χ2v) is 10.4. The van der Waals surface area contributed by atoms with Crippen molar-refractivity contribution >= 4 is 23.3 Å². The second kappa shape index (κ2) is 9.17. The van der Waals surface area contributed by atoms with E-state index in [1.54, 1.807) is 25.1 Å². The maximum atomic E-state index is 11.8. The number of aromatic carboxylic acids is 1. The van der Waals surface area contributed by atoms with Crippen LogP contribution in [0.4, 0.5) is 5.69 Å². The van der Waals surface area contributed by atoms with Gasteiger partial charge in [0.05, 0.1) is 17.9 Å². The molecule has 1 fully saturated rings. The van der Waals surface area contributed by atoms with Crippen LogP contribution >= 0.6 is 11.6 Å². The van der Waals surface area contributed by atoms with Gasteiger partial charge in [0.1, 0.15) is 11.9 Å². The summed E-state index contributed by atoms with van der Waals surface area (Å²) in [6.45, 7) is 3.76. The van der Waals surface area contributed by atoms with E-state index in [2.05, 4.69) is 28.9 Å². The lowest BCUT2D eigenvalue weighted by atomic mass is 9.68. The normalized spacial score (nSPS) is 26.1. The number of aliphatic hydroxyl groups excluding tert-OH is 1. The molecule has 178 valence electrons. The molecule has 0 unspecified atom stereocenters. The molecule has 0 bridgehead atoms. The first-order chi connectivity index (χ1) is 16.4. The van der Waals surface area contributed by atoms with Gasteiger partial charge < -0.3 is 19.8 Å². The summed E-state index contributed by atoms with van der Waals surface area (Å²) >= 11 is 6.32. The molecular formula is C28H30ClNO4. The maximum Gasteiger partial charge on any atom is 0.335 e. The third-order valence-corrected chi connectivity index (χ3v) is 8.15. The van der Waals surface area contributed by atoms with Crippen LogP contribution in [0.3, 0.4) is 0 Å². The van der Waals surface area contributed by atoms with Crippen LogP contribution in [0.15, 0.2) is 36.4 Å². The molecule has 3 aliphatic rings. The second-order valence-electron chi connectivity index (χ2n) is 9.93. The summed E-state index contributed by atoms with van der Waals surface area (Å²) in [5.41, 5.74) is 3.42. The summed E-state index contributed by atoms with van der Waals surface area (Å²) in [4.78, 5) is 14.1. The van der Waals surface area contributed by atoms with Gasteiger partial charge in [0, 0.05) is 29.4 Å². The Labute approximate surface area is 205 Å². The molecule has 2 aliphatic carbocycles. The number of halogens is 1. The van der Waals surface area contributed by atoms with Crippen LogP contribution < -0.4 is 9.64 Å². The van der Waals surface area contributed by atoms with Crippen LogP contribution in [0.1, 0.15) is 54.1 Å². The molecule has 0 amide bonds. The van der Waals surface area contributed by atoms with Gasteiger partial charge in [-0.25, -0.2) is 4.79 Å². The molecule has 5 rings (SSSR count). The number of benzene rings is 2. The zero-order valence-electron chi connectivity index (χ0n) is 19.4. The number of aliphatic hydroxyl groups is 1. The zero-order valence-corrected chi connectivity index (χ0v) is 20.1. The van der Waals surface area contributed by atoms with Gasteiger partial charge in [-0.2, -0.15) is 0 Å². The van der Waals surface area contributed by atoms with Crippen molar-refractivity contribution in [1.82, 2.24) is 0 Å². The fourth-order valence-corrected chi connectivity index (χ4v) is 6.22. The first-order valence-electron chi connectivity index (χ1n) is 12.0. The highest BCUT2D eigenvalue weighted by Crippen LogP contribution is 2.46. The largest absolute Gasteiger partial charge is 0.490 e. The van der Waals surface area contributed by atoms with Crippen molar-refractivity contribution in [2.45, 2.75) is 50.5 Å². The Bertz CT molecular complexity index is 1170. The number of anilines is 1. The van der Waals surface area contributed by atoms with E-state index in [4.69, 9.17) is 16.3 Å². The van der Waals surface area contributed by atoms with Gasteiger partial charge in [-0.15, -0.1) is 5.92 Å². The van der Waals surface area contributed by atoms with Gasteiger partial charge in [-0.3, -0.25) is 0 Å². The van der Waals surface area contributed by atoms with Gasteiger partial charge in [0.2, 0.25) is 0 Å². The van der Waals surface area contributed by atoms with E-state index in [1.165, 1.54) is 11.1 Å². The van der Waals surface area contributed by atoms with Crippen molar-refractivity contribution in [2.24, 2.45) is 11.8 Å². The number of carboxylic acid groups (broad SMARTS) is 1. The number of aryl methyl sites for hydroxylation is 1. The maximum absolute atomic E-state index is 11.8. The number of nitrogens with zero attached hydrogens (tertiary/aromatic N) is 1. The molecule has 5 nitrogen and oxygen atoms in total. The Kier molecular flexibility index (Phi) is 6.22. The van der Waals surface area contributed by atoms with E-state index in [0.29, 0.717) is 18.3 Å². The summed E-state index contributed by atoms with van der Waals surface area (Å²) in [6.07, 6.45) is 4.41. The summed E-state index contributed by atoms with van der Waals surface area (Å²) < 4.78 is 6.40. The fourth-order valence-electron chi connectivity index (χ4n) is 6.02. The Hall–Kier alpha value is -2.68. The first kappa shape index (κ1) is 23.1. The summed E-state index contributed by atoms with van der Waals surface area (Å²) in [6, 6.07) is 11.3. The molecule has 0 radical (unpaired) electrons. The fraction of sp³-hybridized carbons (Fsp3) is 0.464. The van der Waals surface area contributed by atoms with Crippen molar-refractivity contribution in [3.05, 3.63) is 58.1 Å². The third kappa shape index (κ3) is 4.15. The van der Waals surface area contributed by atoms with Gasteiger partial charge in [-0.1, -0.05) is 23.6 Å². The summed E-state index contributed by atoms with van der Waals surface area (Å²) in [5, 5.41) is 20.9. The lowest BCUT2D eigenvalue weighted by Gasteiger charge is -2.45. The molecule has 0 saturated heterocycles. The molecule has 0 aromatic heterocycles. The smallest absolute Gasteiger partial charge is 0.335 e. The molecule has 1 heterocycles. The Morgan fingerprint density at radius 2 is 2.15 bits per heavy atom. The average Bonchev–Trinajstić information content (AvgIpc) is 2.94. The number of ether oxygens (including phenoxy) is 1. The number of carboxylic acids is 1. The lowest BCUT2D eigenvalue weighted by molar-refractivity contribution is 0.0516. The van der Waals surface area contributed by atoms with E-state index < -0.39 is 12.1 Å². The quantitative estimate of drug-likeness (QED) is 0.609. The monoisotopic (exact) mass is 479 g/mol. The highest BCUT2D eigenvalue weighted by molar-refractivity contribution is 6.30. The third-order valence-electron chi connectivity index (χ3n) is 7.91. The van der Waals surface area contributed by atoms with Crippen LogP contribution in [-0.2, 0) is 11.8 Å². The van der Waals surface area contributed by atoms with Gasteiger partial charge in [-0.05, 0) is 86.4 Å². The van der Waals surface area contributed by atoms with E-state index >= 15 is 0 Å². The molecule has 1 aliphatic heterocycles. The zero-order chi connectivity index (χ0) is 23.9.